The van der Waals surface area contributed by atoms with Crippen LogP contribution in [0.2, 0.25) is 0 Å². The number of nitrogens with zero attached hydrogens (tertiary/aromatic N) is 2. The molecule has 0 saturated heterocycles. The Hall–Kier alpha value is -5.05. The molecule has 0 bridgehead atoms. The number of carbonyl (C=O) groups is 3. The standard InChI is InChI=1S/C34H34N4O5/c1-19(2)37-16-26-31(33-28(17-38(21(4)40)34(33)41)36-27-7-6-8-29(37)32(26)27)22-9-14-30(42-5)23(15-22)18-43-25-12-10-24(11-13-25)35-20(3)39/h6-16,19,31,36H,17-18H2,1-5H3,(H,35,39)/t31-/m0/s1. The van der Waals surface area contributed by atoms with Gasteiger partial charge in [-0.25, -0.2) is 0 Å². The quantitative estimate of drug-likeness (QED) is 0.280. The molecule has 0 radical (unpaired) electrons. The van der Waals surface area contributed by atoms with E-state index in [9.17, 15) is 14.4 Å². The van der Waals surface area contributed by atoms with Crippen molar-refractivity contribution in [3.05, 3.63) is 94.8 Å². The first-order valence-electron chi connectivity index (χ1n) is 14.3. The normalized spacial score (nSPS) is 15.8. The second-order valence-corrected chi connectivity index (χ2v) is 11.2. The predicted octanol–water partition coefficient (Wildman–Crippen LogP) is 5.97. The SMILES string of the molecule is COc1ccc([C@@H]2C3=C(CN(C(C)=O)C3=O)Nc3cccc4c3c2cn4C(C)C)cc1COc1ccc(NC(C)=O)cc1. The molecule has 4 aromatic rings. The number of ether oxygens (including phenoxy) is 2. The van der Waals surface area contributed by atoms with E-state index < -0.39 is 5.92 Å². The van der Waals surface area contributed by atoms with E-state index in [1.54, 1.807) is 31.4 Å². The molecule has 1 atom stereocenters. The lowest BCUT2D eigenvalue weighted by molar-refractivity contribution is -0.139. The maximum atomic E-state index is 13.9. The highest BCUT2D eigenvalue weighted by Crippen LogP contribution is 2.47. The number of anilines is 2. The highest BCUT2D eigenvalue weighted by atomic mass is 16.5. The number of benzene rings is 3. The second kappa shape index (κ2) is 11.0. The molecule has 0 saturated carbocycles. The van der Waals surface area contributed by atoms with Crippen LogP contribution in [-0.2, 0) is 21.0 Å². The summed E-state index contributed by atoms with van der Waals surface area (Å²) in [6, 6.07) is 19.4. The molecule has 3 aromatic carbocycles. The van der Waals surface area contributed by atoms with Crippen LogP contribution in [0.3, 0.4) is 0 Å². The fourth-order valence-electron chi connectivity index (χ4n) is 6.10. The Balaban J connectivity index is 1.45. The van der Waals surface area contributed by atoms with Crippen molar-refractivity contribution in [2.45, 2.75) is 46.3 Å². The first-order valence-corrected chi connectivity index (χ1v) is 14.3. The van der Waals surface area contributed by atoms with Gasteiger partial charge in [0.25, 0.3) is 5.91 Å². The number of hydrogen-bond donors (Lipinski definition) is 2. The summed E-state index contributed by atoms with van der Waals surface area (Å²) in [6.45, 7) is 7.58. The zero-order valence-corrected chi connectivity index (χ0v) is 24.9. The number of imide groups is 1. The molecular formula is C34H34N4O5. The largest absolute Gasteiger partial charge is 0.496 e. The van der Waals surface area contributed by atoms with E-state index in [1.165, 1.54) is 18.7 Å². The Kier molecular flexibility index (Phi) is 7.17. The van der Waals surface area contributed by atoms with Crippen molar-refractivity contribution < 1.29 is 23.9 Å². The zero-order valence-electron chi connectivity index (χ0n) is 24.9. The van der Waals surface area contributed by atoms with E-state index >= 15 is 0 Å². The Labute approximate surface area is 250 Å². The molecule has 1 aromatic heterocycles. The number of methoxy groups -OCH3 is 1. The Morgan fingerprint density at radius 2 is 1.84 bits per heavy atom. The third-order valence-corrected chi connectivity index (χ3v) is 8.03. The van der Waals surface area contributed by atoms with Gasteiger partial charge in [0.05, 0.1) is 24.7 Å². The predicted molar refractivity (Wildman–Crippen MR) is 165 cm³/mol. The van der Waals surface area contributed by atoms with E-state index in [4.69, 9.17) is 9.47 Å². The Bertz CT molecular complexity index is 1800. The van der Waals surface area contributed by atoms with Gasteiger partial charge in [0.1, 0.15) is 18.1 Å². The van der Waals surface area contributed by atoms with Gasteiger partial charge in [0, 0.05) is 60.0 Å². The molecule has 0 spiro atoms. The topological polar surface area (TPSA) is 102 Å². The van der Waals surface area contributed by atoms with Crippen molar-refractivity contribution in [3.63, 3.8) is 0 Å². The van der Waals surface area contributed by atoms with E-state index in [1.807, 2.05) is 30.3 Å². The molecule has 6 rings (SSSR count). The molecule has 3 heterocycles. The number of aromatic nitrogens is 1. The third kappa shape index (κ3) is 5.01. The second-order valence-electron chi connectivity index (χ2n) is 11.2. The van der Waals surface area contributed by atoms with Crippen molar-refractivity contribution in [1.82, 2.24) is 9.47 Å². The van der Waals surface area contributed by atoms with Gasteiger partial charge in [-0.2, -0.15) is 0 Å². The zero-order chi connectivity index (χ0) is 30.4. The average Bonchev–Trinajstić information content (AvgIpc) is 3.47. The first-order chi connectivity index (χ1) is 20.7. The van der Waals surface area contributed by atoms with Crippen molar-refractivity contribution >= 4 is 40.0 Å². The smallest absolute Gasteiger partial charge is 0.259 e. The molecule has 3 amide bonds. The van der Waals surface area contributed by atoms with Gasteiger partial charge in [-0.3, -0.25) is 19.3 Å². The van der Waals surface area contributed by atoms with Crippen molar-refractivity contribution in [2.75, 3.05) is 24.3 Å². The van der Waals surface area contributed by atoms with Gasteiger partial charge in [0.2, 0.25) is 11.8 Å². The van der Waals surface area contributed by atoms with E-state index in [0.717, 1.165) is 39.0 Å². The summed E-state index contributed by atoms with van der Waals surface area (Å²) in [6.07, 6.45) is 2.14. The van der Waals surface area contributed by atoms with E-state index in [0.29, 0.717) is 22.8 Å². The minimum atomic E-state index is -0.424. The van der Waals surface area contributed by atoms with Gasteiger partial charge in [0.15, 0.2) is 0 Å². The van der Waals surface area contributed by atoms with Crippen LogP contribution >= 0.6 is 0 Å². The lowest BCUT2D eigenvalue weighted by atomic mass is 9.83. The monoisotopic (exact) mass is 578 g/mol. The summed E-state index contributed by atoms with van der Waals surface area (Å²) in [7, 11) is 1.62. The van der Waals surface area contributed by atoms with Gasteiger partial charge >= 0.3 is 0 Å². The maximum absolute atomic E-state index is 13.9. The van der Waals surface area contributed by atoms with E-state index in [-0.39, 0.29) is 36.9 Å². The molecule has 0 unspecified atom stereocenters. The van der Waals surface area contributed by atoms with Crippen molar-refractivity contribution in [1.29, 1.82) is 0 Å². The number of nitrogens with one attached hydrogen (secondary N) is 2. The maximum Gasteiger partial charge on any atom is 0.259 e. The lowest BCUT2D eigenvalue weighted by Gasteiger charge is -2.21. The average molecular weight is 579 g/mol. The molecule has 2 N–H and O–H groups in total. The fourth-order valence-corrected chi connectivity index (χ4v) is 6.10. The van der Waals surface area contributed by atoms with Crippen molar-refractivity contribution in [3.8, 4) is 11.5 Å². The molecular weight excluding hydrogens is 544 g/mol. The fraction of sp³-hybridized carbons (Fsp3) is 0.265. The van der Waals surface area contributed by atoms with Crippen LogP contribution in [0.15, 0.2) is 78.1 Å². The Morgan fingerprint density at radius 1 is 1.07 bits per heavy atom. The molecule has 2 aliphatic rings. The first kappa shape index (κ1) is 28.1. The van der Waals surface area contributed by atoms with Gasteiger partial charge in [-0.15, -0.1) is 0 Å². The number of carbonyl (C=O) groups excluding carboxylic acids is 3. The van der Waals surface area contributed by atoms with Crippen LogP contribution in [0.1, 0.15) is 56.3 Å². The number of amides is 3. The molecule has 2 aliphatic heterocycles. The lowest BCUT2D eigenvalue weighted by Crippen LogP contribution is -2.33. The van der Waals surface area contributed by atoms with Crippen LogP contribution < -0.4 is 20.1 Å². The van der Waals surface area contributed by atoms with Crippen LogP contribution in [0.4, 0.5) is 11.4 Å². The molecule has 9 nitrogen and oxygen atoms in total. The summed E-state index contributed by atoms with van der Waals surface area (Å²) in [5, 5.41) is 7.34. The van der Waals surface area contributed by atoms with Crippen LogP contribution in [0.25, 0.3) is 10.9 Å². The molecule has 0 aliphatic carbocycles. The summed E-state index contributed by atoms with van der Waals surface area (Å²) in [5.74, 6) is 0.160. The van der Waals surface area contributed by atoms with Crippen LogP contribution in [0, 0.1) is 0 Å². The number of hydrogen-bond acceptors (Lipinski definition) is 6. The van der Waals surface area contributed by atoms with Crippen LogP contribution in [-0.4, -0.2) is 40.8 Å². The molecule has 220 valence electrons. The minimum absolute atomic E-state index is 0.141. The Morgan fingerprint density at radius 3 is 2.51 bits per heavy atom. The summed E-state index contributed by atoms with van der Waals surface area (Å²) >= 11 is 0. The summed E-state index contributed by atoms with van der Waals surface area (Å²) in [5.41, 5.74) is 6.70. The number of rotatable bonds is 7. The highest BCUT2D eigenvalue weighted by molar-refractivity contribution is 6.11. The summed E-state index contributed by atoms with van der Waals surface area (Å²) < 4.78 is 14.1. The highest BCUT2D eigenvalue weighted by Gasteiger charge is 2.42. The van der Waals surface area contributed by atoms with E-state index in [2.05, 4.69) is 41.3 Å². The third-order valence-electron chi connectivity index (χ3n) is 8.03. The van der Waals surface area contributed by atoms with Gasteiger partial charge < -0.3 is 24.7 Å². The molecule has 43 heavy (non-hydrogen) atoms. The molecule has 9 heteroatoms. The van der Waals surface area contributed by atoms with Crippen molar-refractivity contribution in [2.24, 2.45) is 0 Å². The minimum Gasteiger partial charge on any atom is -0.496 e. The molecule has 0 fully saturated rings. The van der Waals surface area contributed by atoms with Gasteiger partial charge in [-0.1, -0.05) is 12.1 Å². The summed E-state index contributed by atoms with van der Waals surface area (Å²) in [4.78, 5) is 39.0. The van der Waals surface area contributed by atoms with Gasteiger partial charge in [-0.05, 0) is 73.5 Å². The van der Waals surface area contributed by atoms with Crippen LogP contribution in [0.5, 0.6) is 11.5 Å².